The van der Waals surface area contributed by atoms with Crippen LogP contribution in [0.25, 0.3) is 0 Å². The Labute approximate surface area is 117 Å². The maximum absolute atomic E-state index is 13.6. The van der Waals surface area contributed by atoms with Crippen LogP contribution in [0.5, 0.6) is 0 Å². The van der Waals surface area contributed by atoms with Crippen LogP contribution in [0.2, 0.25) is 0 Å². The second kappa shape index (κ2) is 6.70. The molecule has 100 valence electrons. The molecule has 0 aromatic heterocycles. The van der Waals surface area contributed by atoms with Crippen LogP contribution in [0.3, 0.4) is 0 Å². The predicted octanol–water partition coefficient (Wildman–Crippen LogP) is 3.43. The molecule has 2 aromatic carbocycles. The lowest BCUT2D eigenvalue weighted by molar-refractivity contribution is 0.596. The van der Waals surface area contributed by atoms with Gasteiger partial charge in [0, 0.05) is 10.6 Å². The number of halogens is 1. The molecule has 0 fully saturated rings. The zero-order valence-electron chi connectivity index (χ0n) is 10.8. The van der Waals surface area contributed by atoms with Crippen LogP contribution < -0.4 is 11.3 Å². The lowest BCUT2D eigenvalue weighted by atomic mass is 10.0. The molecule has 2 aromatic rings. The average molecular weight is 276 g/mol. The molecular weight excluding hydrogens is 259 g/mol. The summed E-state index contributed by atoms with van der Waals surface area (Å²) in [7, 11) is 0. The van der Waals surface area contributed by atoms with Crippen LogP contribution in [0.1, 0.15) is 17.2 Å². The summed E-state index contributed by atoms with van der Waals surface area (Å²) in [5.41, 5.74) is 5.13. The molecule has 2 nitrogen and oxygen atoms in total. The van der Waals surface area contributed by atoms with Gasteiger partial charge < -0.3 is 0 Å². The van der Waals surface area contributed by atoms with Crippen molar-refractivity contribution in [1.29, 1.82) is 0 Å². The number of rotatable bonds is 5. The minimum Gasteiger partial charge on any atom is -0.271 e. The zero-order chi connectivity index (χ0) is 13.7. The molecular formula is C15H17FN2S. The lowest BCUT2D eigenvalue weighted by Crippen LogP contribution is -2.30. The van der Waals surface area contributed by atoms with Gasteiger partial charge in [0.25, 0.3) is 0 Å². The molecule has 0 saturated heterocycles. The van der Waals surface area contributed by atoms with Crippen molar-refractivity contribution in [3.63, 3.8) is 0 Å². The Bertz CT molecular complexity index is 545. The number of nitrogens with two attached hydrogens (primary N) is 1. The van der Waals surface area contributed by atoms with E-state index in [1.54, 1.807) is 12.1 Å². The first-order valence-electron chi connectivity index (χ1n) is 6.11. The Morgan fingerprint density at radius 3 is 2.53 bits per heavy atom. The van der Waals surface area contributed by atoms with Crippen LogP contribution in [0.4, 0.5) is 4.39 Å². The normalized spacial score (nSPS) is 12.4. The number of hydrogen-bond acceptors (Lipinski definition) is 3. The van der Waals surface area contributed by atoms with E-state index in [0.29, 0.717) is 10.6 Å². The number of benzene rings is 2. The highest BCUT2D eigenvalue weighted by Crippen LogP contribution is 2.27. The monoisotopic (exact) mass is 276 g/mol. The minimum absolute atomic E-state index is 0.00538. The van der Waals surface area contributed by atoms with Gasteiger partial charge in [0.1, 0.15) is 5.82 Å². The van der Waals surface area contributed by atoms with E-state index < -0.39 is 0 Å². The molecule has 0 bridgehead atoms. The molecule has 0 aliphatic carbocycles. The SMILES string of the molecule is Cc1ccccc1C(CSc1ccccc1F)NN. The summed E-state index contributed by atoms with van der Waals surface area (Å²) in [6.45, 7) is 2.05. The summed E-state index contributed by atoms with van der Waals surface area (Å²) in [4.78, 5) is 0.649. The van der Waals surface area contributed by atoms with Crippen molar-refractivity contribution in [2.45, 2.75) is 17.9 Å². The van der Waals surface area contributed by atoms with E-state index in [1.807, 2.05) is 37.3 Å². The molecule has 0 aliphatic rings. The van der Waals surface area contributed by atoms with Gasteiger partial charge in [-0.1, -0.05) is 36.4 Å². The highest BCUT2D eigenvalue weighted by molar-refractivity contribution is 7.99. The van der Waals surface area contributed by atoms with Gasteiger partial charge in [-0.3, -0.25) is 11.3 Å². The second-order valence-electron chi connectivity index (χ2n) is 4.32. The predicted molar refractivity (Wildman–Crippen MR) is 78.4 cm³/mol. The van der Waals surface area contributed by atoms with E-state index >= 15 is 0 Å². The van der Waals surface area contributed by atoms with Crippen LogP contribution in [-0.2, 0) is 0 Å². The molecule has 0 spiro atoms. The number of nitrogens with one attached hydrogen (secondary N) is 1. The Kier molecular flexibility index (Phi) is 4.96. The standard InChI is InChI=1S/C15H17FN2S/c1-11-6-2-3-7-12(11)14(18-17)10-19-15-9-5-4-8-13(15)16/h2-9,14,18H,10,17H2,1H3. The lowest BCUT2D eigenvalue weighted by Gasteiger charge is -2.18. The first-order valence-corrected chi connectivity index (χ1v) is 7.10. The molecule has 0 heterocycles. The Morgan fingerprint density at radius 2 is 1.84 bits per heavy atom. The summed E-state index contributed by atoms with van der Waals surface area (Å²) in [5, 5.41) is 0. The molecule has 0 radical (unpaired) electrons. The fourth-order valence-electron chi connectivity index (χ4n) is 1.94. The second-order valence-corrected chi connectivity index (χ2v) is 5.38. The highest BCUT2D eigenvalue weighted by atomic mass is 32.2. The van der Waals surface area contributed by atoms with Crippen molar-refractivity contribution in [2.75, 3.05) is 5.75 Å². The third kappa shape index (κ3) is 3.56. The van der Waals surface area contributed by atoms with Gasteiger partial charge in [-0.05, 0) is 30.2 Å². The van der Waals surface area contributed by atoms with Crippen molar-refractivity contribution < 1.29 is 4.39 Å². The third-order valence-electron chi connectivity index (χ3n) is 3.01. The fourth-order valence-corrected chi connectivity index (χ4v) is 2.94. The van der Waals surface area contributed by atoms with Crippen LogP contribution in [-0.4, -0.2) is 5.75 Å². The molecule has 3 N–H and O–H groups in total. The van der Waals surface area contributed by atoms with E-state index in [2.05, 4.69) is 5.43 Å². The Balaban J connectivity index is 2.09. The average Bonchev–Trinajstić information content (AvgIpc) is 2.43. The summed E-state index contributed by atoms with van der Waals surface area (Å²) in [6, 6.07) is 14.9. The van der Waals surface area contributed by atoms with Crippen molar-refractivity contribution in [1.82, 2.24) is 5.43 Å². The zero-order valence-corrected chi connectivity index (χ0v) is 11.6. The van der Waals surface area contributed by atoms with Crippen molar-refractivity contribution in [3.8, 4) is 0 Å². The fraction of sp³-hybridized carbons (Fsp3) is 0.200. The number of hydrogen-bond donors (Lipinski definition) is 2. The van der Waals surface area contributed by atoms with E-state index in [4.69, 9.17) is 5.84 Å². The highest BCUT2D eigenvalue weighted by Gasteiger charge is 2.13. The molecule has 4 heteroatoms. The topological polar surface area (TPSA) is 38.0 Å². The molecule has 1 atom stereocenters. The van der Waals surface area contributed by atoms with Gasteiger partial charge in [0.15, 0.2) is 0 Å². The summed E-state index contributed by atoms with van der Waals surface area (Å²) in [6.07, 6.45) is 0. The largest absolute Gasteiger partial charge is 0.271 e. The maximum atomic E-state index is 13.6. The molecule has 2 rings (SSSR count). The molecule has 1 unspecified atom stereocenters. The maximum Gasteiger partial charge on any atom is 0.136 e. The van der Waals surface area contributed by atoms with Crippen molar-refractivity contribution in [2.24, 2.45) is 5.84 Å². The van der Waals surface area contributed by atoms with Crippen LogP contribution in [0.15, 0.2) is 53.4 Å². The molecule has 0 amide bonds. The summed E-state index contributed by atoms with van der Waals surface area (Å²) in [5.74, 6) is 6.11. The van der Waals surface area contributed by atoms with Gasteiger partial charge in [-0.15, -0.1) is 11.8 Å². The smallest absolute Gasteiger partial charge is 0.136 e. The van der Waals surface area contributed by atoms with Gasteiger partial charge in [-0.2, -0.15) is 0 Å². The van der Waals surface area contributed by atoms with E-state index in [-0.39, 0.29) is 11.9 Å². The van der Waals surface area contributed by atoms with Crippen molar-refractivity contribution in [3.05, 3.63) is 65.5 Å². The molecule has 19 heavy (non-hydrogen) atoms. The van der Waals surface area contributed by atoms with E-state index in [1.165, 1.54) is 23.4 Å². The number of hydrazine groups is 1. The van der Waals surface area contributed by atoms with Crippen molar-refractivity contribution >= 4 is 11.8 Å². The Hall–Kier alpha value is -1.36. The number of aryl methyl sites for hydroxylation is 1. The quantitative estimate of drug-likeness (QED) is 0.499. The summed E-state index contributed by atoms with van der Waals surface area (Å²) < 4.78 is 13.6. The van der Waals surface area contributed by atoms with Gasteiger partial charge in [-0.25, -0.2) is 4.39 Å². The van der Waals surface area contributed by atoms with Gasteiger partial charge in [0.2, 0.25) is 0 Å². The van der Waals surface area contributed by atoms with Crippen LogP contribution in [0, 0.1) is 12.7 Å². The minimum atomic E-state index is -0.187. The van der Waals surface area contributed by atoms with Crippen LogP contribution >= 0.6 is 11.8 Å². The summed E-state index contributed by atoms with van der Waals surface area (Å²) >= 11 is 1.47. The number of thioether (sulfide) groups is 1. The molecule has 0 saturated carbocycles. The first kappa shape index (κ1) is 14.1. The van der Waals surface area contributed by atoms with E-state index in [0.717, 1.165) is 5.56 Å². The van der Waals surface area contributed by atoms with Gasteiger partial charge >= 0.3 is 0 Å². The first-order chi connectivity index (χ1) is 9.22. The molecule has 0 aliphatic heterocycles. The van der Waals surface area contributed by atoms with Gasteiger partial charge in [0.05, 0.1) is 6.04 Å². The Morgan fingerprint density at radius 1 is 1.16 bits per heavy atom. The third-order valence-corrected chi connectivity index (χ3v) is 4.15. The van der Waals surface area contributed by atoms with E-state index in [9.17, 15) is 4.39 Å².